The van der Waals surface area contributed by atoms with E-state index in [0.717, 1.165) is 26.9 Å². The van der Waals surface area contributed by atoms with Crippen LogP contribution in [-0.2, 0) is 17.9 Å². The normalized spacial score (nSPS) is 11.2. The lowest BCUT2D eigenvalue weighted by Crippen LogP contribution is -2.36. The Balaban J connectivity index is 1.58. The first-order valence-electron chi connectivity index (χ1n) is 10.7. The average molecular weight is 455 g/mol. The van der Waals surface area contributed by atoms with E-state index in [9.17, 15) is 9.59 Å². The fourth-order valence-corrected chi connectivity index (χ4v) is 4.90. The van der Waals surface area contributed by atoms with Crippen molar-refractivity contribution in [2.75, 3.05) is 4.90 Å². The highest BCUT2D eigenvalue weighted by Gasteiger charge is 2.22. The Kier molecular flexibility index (Phi) is 5.48. The number of amides is 1. The first-order chi connectivity index (χ1) is 16.0. The minimum absolute atomic E-state index is 0.0946. The third-order valence-corrected chi connectivity index (χ3v) is 6.88. The quantitative estimate of drug-likeness (QED) is 0.380. The van der Waals surface area contributed by atoms with Gasteiger partial charge < -0.3 is 0 Å². The predicted molar refractivity (Wildman–Crippen MR) is 133 cm³/mol. The molecule has 0 aliphatic carbocycles. The number of rotatable bonds is 5. The molecule has 164 valence electrons. The Bertz CT molecular complexity index is 1540. The fourth-order valence-electron chi connectivity index (χ4n) is 3.86. The van der Waals surface area contributed by atoms with Crippen molar-refractivity contribution >= 4 is 43.6 Å². The summed E-state index contributed by atoms with van der Waals surface area (Å²) in [4.78, 5) is 37.0. The Morgan fingerprint density at radius 3 is 2.58 bits per heavy atom. The van der Waals surface area contributed by atoms with Gasteiger partial charge in [0.2, 0.25) is 5.91 Å². The molecule has 0 saturated heterocycles. The number of hydrogen-bond donors (Lipinski definition) is 0. The Labute approximate surface area is 194 Å². The van der Waals surface area contributed by atoms with Crippen LogP contribution in [0.1, 0.15) is 16.7 Å². The van der Waals surface area contributed by atoms with Crippen molar-refractivity contribution in [3.05, 3.63) is 100.0 Å². The number of carbonyl (C=O) groups excluding carboxylic acids is 1. The summed E-state index contributed by atoms with van der Waals surface area (Å²) in [7, 11) is 0. The van der Waals surface area contributed by atoms with Crippen molar-refractivity contribution < 1.29 is 4.79 Å². The van der Waals surface area contributed by atoms with Gasteiger partial charge in [0.25, 0.3) is 5.56 Å². The van der Waals surface area contributed by atoms with E-state index in [1.807, 2.05) is 67.6 Å². The molecule has 0 aliphatic heterocycles. The molecule has 3 aromatic carbocycles. The summed E-state index contributed by atoms with van der Waals surface area (Å²) in [6.45, 7) is 4.38. The molecule has 33 heavy (non-hydrogen) atoms. The maximum absolute atomic E-state index is 13.7. The van der Waals surface area contributed by atoms with Gasteiger partial charge in [-0.25, -0.2) is 9.97 Å². The predicted octanol–water partition coefficient (Wildman–Crippen LogP) is 4.86. The Morgan fingerprint density at radius 2 is 1.76 bits per heavy atom. The summed E-state index contributed by atoms with van der Waals surface area (Å²) in [6, 6.07) is 21.3. The Hall–Kier alpha value is -3.84. The summed E-state index contributed by atoms with van der Waals surface area (Å²) in [5, 5.41) is 0.624. The topological polar surface area (TPSA) is 68.1 Å². The third-order valence-electron chi connectivity index (χ3n) is 5.83. The van der Waals surface area contributed by atoms with E-state index in [1.54, 1.807) is 4.90 Å². The molecule has 0 N–H and O–H groups in total. The SMILES string of the molecule is Cc1ccc2sc(N(Cc3ccccc3)C(=O)Cn3c(=O)cnc4ccccc43)nc2c1C. The fraction of sp³-hybridized carbons (Fsp3) is 0.154. The van der Waals surface area contributed by atoms with Crippen molar-refractivity contribution in [3.8, 4) is 0 Å². The number of hydrogen-bond acceptors (Lipinski definition) is 5. The van der Waals surface area contributed by atoms with Crippen LogP contribution in [0.4, 0.5) is 5.13 Å². The number of aromatic nitrogens is 3. The molecule has 1 amide bonds. The molecular weight excluding hydrogens is 432 g/mol. The zero-order chi connectivity index (χ0) is 22.9. The molecule has 5 aromatic rings. The zero-order valence-electron chi connectivity index (χ0n) is 18.4. The van der Waals surface area contributed by atoms with E-state index in [4.69, 9.17) is 4.98 Å². The number of anilines is 1. The van der Waals surface area contributed by atoms with Gasteiger partial charge in [0.05, 0.1) is 34.0 Å². The van der Waals surface area contributed by atoms with Crippen LogP contribution in [0.2, 0.25) is 0 Å². The molecule has 0 saturated carbocycles. The zero-order valence-corrected chi connectivity index (χ0v) is 19.2. The second-order valence-corrected chi connectivity index (χ2v) is 9.00. The van der Waals surface area contributed by atoms with E-state index in [-0.39, 0.29) is 18.0 Å². The molecule has 0 radical (unpaired) electrons. The first kappa shape index (κ1) is 21.0. The van der Waals surface area contributed by atoms with Crippen LogP contribution >= 0.6 is 11.3 Å². The molecule has 2 heterocycles. The van der Waals surface area contributed by atoms with E-state index >= 15 is 0 Å². The van der Waals surface area contributed by atoms with E-state index in [0.29, 0.717) is 22.7 Å². The van der Waals surface area contributed by atoms with Crippen LogP contribution in [0.25, 0.3) is 21.3 Å². The van der Waals surface area contributed by atoms with Gasteiger partial charge in [-0.15, -0.1) is 0 Å². The highest BCUT2D eigenvalue weighted by atomic mass is 32.1. The van der Waals surface area contributed by atoms with Crippen LogP contribution < -0.4 is 10.5 Å². The number of nitrogens with zero attached hydrogens (tertiary/aromatic N) is 4. The lowest BCUT2D eigenvalue weighted by Gasteiger charge is -2.21. The second kappa shape index (κ2) is 8.60. The minimum Gasteiger partial charge on any atom is -0.296 e. The standard InChI is InChI=1S/C26H22N4O2S/c1-17-12-13-22-25(18(17)2)28-26(33-22)30(15-19-8-4-3-5-9-19)24(32)16-29-21-11-7-6-10-20(21)27-14-23(29)31/h3-14H,15-16H2,1-2H3. The molecule has 5 rings (SSSR count). The molecule has 0 aliphatic rings. The number of benzene rings is 3. The molecule has 6 nitrogen and oxygen atoms in total. The number of fused-ring (bicyclic) bond motifs is 2. The van der Waals surface area contributed by atoms with E-state index < -0.39 is 0 Å². The molecule has 7 heteroatoms. The van der Waals surface area contributed by atoms with Gasteiger partial charge in [-0.1, -0.05) is 59.9 Å². The average Bonchev–Trinajstić information content (AvgIpc) is 3.27. The summed E-state index contributed by atoms with van der Waals surface area (Å²) in [5.74, 6) is -0.203. The minimum atomic E-state index is -0.308. The Morgan fingerprint density at radius 1 is 1.00 bits per heavy atom. The van der Waals surface area contributed by atoms with Crippen LogP contribution in [0.15, 0.2) is 77.7 Å². The van der Waals surface area contributed by atoms with Crippen molar-refractivity contribution in [2.24, 2.45) is 0 Å². The van der Waals surface area contributed by atoms with Gasteiger partial charge in [0.15, 0.2) is 5.13 Å². The molecular formula is C26H22N4O2S. The van der Waals surface area contributed by atoms with E-state index in [1.165, 1.54) is 22.1 Å². The molecule has 0 bridgehead atoms. The van der Waals surface area contributed by atoms with E-state index in [2.05, 4.69) is 18.0 Å². The monoisotopic (exact) mass is 454 g/mol. The van der Waals surface area contributed by atoms with Gasteiger partial charge in [-0.2, -0.15) is 0 Å². The first-order valence-corrected chi connectivity index (χ1v) is 11.5. The van der Waals surface area contributed by atoms with Gasteiger partial charge in [-0.3, -0.25) is 19.1 Å². The van der Waals surface area contributed by atoms with Crippen molar-refractivity contribution in [2.45, 2.75) is 26.9 Å². The van der Waals surface area contributed by atoms with Crippen LogP contribution in [-0.4, -0.2) is 20.4 Å². The highest BCUT2D eigenvalue weighted by Crippen LogP contribution is 2.33. The molecule has 0 fully saturated rings. The number of para-hydroxylation sites is 2. The van der Waals surface area contributed by atoms with Gasteiger partial charge in [-0.05, 0) is 48.7 Å². The summed E-state index contributed by atoms with van der Waals surface area (Å²) >= 11 is 1.49. The molecule has 2 aromatic heterocycles. The van der Waals surface area contributed by atoms with Crippen molar-refractivity contribution in [3.63, 3.8) is 0 Å². The molecule has 0 unspecified atom stereocenters. The van der Waals surface area contributed by atoms with Crippen LogP contribution in [0.5, 0.6) is 0 Å². The largest absolute Gasteiger partial charge is 0.296 e. The number of thiazole rings is 1. The maximum Gasteiger partial charge on any atom is 0.269 e. The highest BCUT2D eigenvalue weighted by molar-refractivity contribution is 7.22. The lowest BCUT2D eigenvalue weighted by molar-refractivity contribution is -0.119. The lowest BCUT2D eigenvalue weighted by atomic mass is 10.1. The smallest absolute Gasteiger partial charge is 0.269 e. The third kappa shape index (κ3) is 4.03. The second-order valence-electron chi connectivity index (χ2n) is 7.99. The van der Waals surface area contributed by atoms with Crippen LogP contribution in [0, 0.1) is 13.8 Å². The van der Waals surface area contributed by atoms with Crippen LogP contribution in [0.3, 0.4) is 0 Å². The van der Waals surface area contributed by atoms with Gasteiger partial charge in [0, 0.05) is 0 Å². The summed E-state index contributed by atoms with van der Waals surface area (Å²) in [5.41, 5.74) is 5.17. The molecule has 0 spiro atoms. The number of carbonyl (C=O) groups is 1. The molecule has 0 atom stereocenters. The van der Waals surface area contributed by atoms with Crippen molar-refractivity contribution in [1.29, 1.82) is 0 Å². The van der Waals surface area contributed by atoms with Gasteiger partial charge >= 0.3 is 0 Å². The summed E-state index contributed by atoms with van der Waals surface area (Å²) in [6.07, 6.45) is 1.26. The van der Waals surface area contributed by atoms with Crippen molar-refractivity contribution in [1.82, 2.24) is 14.5 Å². The maximum atomic E-state index is 13.7. The van der Waals surface area contributed by atoms with Gasteiger partial charge in [0.1, 0.15) is 6.54 Å². The summed E-state index contributed by atoms with van der Waals surface area (Å²) < 4.78 is 2.51. The number of aryl methyl sites for hydroxylation is 2.